The van der Waals surface area contributed by atoms with Gasteiger partial charge in [0.05, 0.1) is 11.9 Å². The van der Waals surface area contributed by atoms with Crippen molar-refractivity contribution in [3.05, 3.63) is 18.6 Å². The Bertz CT molecular complexity index is 668. The van der Waals surface area contributed by atoms with Gasteiger partial charge in [0, 0.05) is 31.4 Å². The van der Waals surface area contributed by atoms with Crippen molar-refractivity contribution in [2.75, 3.05) is 24.5 Å². The van der Waals surface area contributed by atoms with Crippen molar-refractivity contribution in [3.63, 3.8) is 0 Å². The molecular formula is C15H19N5O. The van der Waals surface area contributed by atoms with Gasteiger partial charge in [-0.2, -0.15) is 0 Å². The number of aromatic amines is 1. The maximum atomic E-state index is 11.4. The van der Waals surface area contributed by atoms with E-state index in [2.05, 4.69) is 24.8 Å². The molecule has 1 N–H and O–H groups in total. The van der Waals surface area contributed by atoms with E-state index < -0.39 is 0 Å². The second-order valence-corrected chi connectivity index (χ2v) is 6.10. The normalized spacial score (nSPS) is 25.7. The third-order valence-electron chi connectivity index (χ3n) is 4.67. The first kappa shape index (κ1) is 12.8. The first-order chi connectivity index (χ1) is 10.2. The first-order valence-electron chi connectivity index (χ1n) is 7.50. The van der Waals surface area contributed by atoms with Gasteiger partial charge >= 0.3 is 0 Å². The summed E-state index contributed by atoms with van der Waals surface area (Å²) in [7, 11) is 0. The van der Waals surface area contributed by atoms with Crippen molar-refractivity contribution in [2.45, 2.75) is 31.8 Å². The molecule has 0 saturated carbocycles. The molecule has 2 aliphatic rings. The van der Waals surface area contributed by atoms with Crippen molar-refractivity contribution >= 4 is 22.6 Å². The second-order valence-electron chi connectivity index (χ2n) is 6.10. The summed E-state index contributed by atoms with van der Waals surface area (Å²) in [6, 6.07) is 2.97. The van der Waals surface area contributed by atoms with Crippen molar-refractivity contribution in [3.8, 4) is 0 Å². The highest BCUT2D eigenvalue weighted by molar-refractivity contribution is 5.87. The number of Topliss-reactive ketones (excluding diaryl/α,β-unsaturated/α-hetero) is 1. The van der Waals surface area contributed by atoms with Gasteiger partial charge < -0.3 is 9.88 Å². The number of rotatable bonds is 3. The fourth-order valence-electron chi connectivity index (χ4n) is 3.79. The van der Waals surface area contributed by atoms with Crippen LogP contribution in [0.1, 0.15) is 19.8 Å². The summed E-state index contributed by atoms with van der Waals surface area (Å²) in [5.41, 5.74) is 0.888. The van der Waals surface area contributed by atoms with Crippen LogP contribution >= 0.6 is 0 Å². The number of fused-ring (bicyclic) bond motifs is 3. The minimum Gasteiger partial charge on any atom is -0.353 e. The average molecular weight is 285 g/mol. The van der Waals surface area contributed by atoms with E-state index in [-0.39, 0.29) is 5.78 Å². The molecule has 2 aromatic heterocycles. The van der Waals surface area contributed by atoms with Gasteiger partial charge in [0.25, 0.3) is 0 Å². The summed E-state index contributed by atoms with van der Waals surface area (Å²) in [5.74, 6) is 1.27. The molecule has 2 fully saturated rings. The van der Waals surface area contributed by atoms with Gasteiger partial charge in [-0.1, -0.05) is 0 Å². The van der Waals surface area contributed by atoms with E-state index in [4.69, 9.17) is 0 Å². The number of piperazine rings is 1. The molecule has 4 rings (SSSR count). The molecule has 2 aromatic rings. The molecular weight excluding hydrogens is 266 g/mol. The average Bonchev–Trinajstić information content (AvgIpc) is 3.00. The molecule has 2 unspecified atom stereocenters. The van der Waals surface area contributed by atoms with Gasteiger partial charge in [0.1, 0.15) is 23.6 Å². The second kappa shape index (κ2) is 4.80. The molecule has 2 atom stereocenters. The van der Waals surface area contributed by atoms with E-state index in [9.17, 15) is 4.79 Å². The number of ketones is 1. The van der Waals surface area contributed by atoms with Crippen LogP contribution in [-0.4, -0.2) is 57.4 Å². The maximum Gasteiger partial charge on any atom is 0.143 e. The van der Waals surface area contributed by atoms with Crippen LogP contribution in [0.25, 0.3) is 11.0 Å². The predicted molar refractivity (Wildman–Crippen MR) is 80.3 cm³/mol. The Labute approximate surface area is 123 Å². The summed E-state index contributed by atoms with van der Waals surface area (Å²) >= 11 is 0. The lowest BCUT2D eigenvalue weighted by molar-refractivity contribution is -0.118. The van der Waals surface area contributed by atoms with E-state index in [1.54, 1.807) is 13.3 Å². The van der Waals surface area contributed by atoms with Gasteiger partial charge in [0.2, 0.25) is 0 Å². The number of aromatic nitrogens is 3. The molecule has 2 aliphatic heterocycles. The zero-order valence-corrected chi connectivity index (χ0v) is 12.1. The molecule has 21 heavy (non-hydrogen) atoms. The molecule has 110 valence electrons. The monoisotopic (exact) mass is 285 g/mol. The van der Waals surface area contributed by atoms with Gasteiger partial charge in [0.15, 0.2) is 0 Å². The predicted octanol–water partition coefficient (Wildman–Crippen LogP) is 1.20. The van der Waals surface area contributed by atoms with E-state index in [0.29, 0.717) is 18.6 Å². The molecule has 0 aromatic carbocycles. The molecule has 0 spiro atoms. The number of carbonyl (C=O) groups is 1. The van der Waals surface area contributed by atoms with Crippen LogP contribution in [0.4, 0.5) is 5.82 Å². The molecule has 0 aliphatic carbocycles. The lowest BCUT2D eigenvalue weighted by Gasteiger charge is -2.41. The molecule has 6 heteroatoms. The first-order valence-corrected chi connectivity index (χ1v) is 7.50. The van der Waals surface area contributed by atoms with Crippen molar-refractivity contribution in [1.82, 2.24) is 19.9 Å². The third kappa shape index (κ3) is 2.10. The number of H-pyrrole nitrogens is 1. The summed E-state index contributed by atoms with van der Waals surface area (Å²) in [6.07, 6.45) is 5.88. The highest BCUT2D eigenvalue weighted by Gasteiger charge is 2.40. The Hall–Kier alpha value is -1.95. The van der Waals surface area contributed by atoms with Gasteiger partial charge in [-0.25, -0.2) is 9.97 Å². The van der Waals surface area contributed by atoms with Crippen LogP contribution < -0.4 is 4.90 Å². The Balaban J connectivity index is 1.62. The van der Waals surface area contributed by atoms with Crippen LogP contribution in [0.2, 0.25) is 0 Å². The van der Waals surface area contributed by atoms with Crippen molar-refractivity contribution in [2.24, 2.45) is 0 Å². The van der Waals surface area contributed by atoms with E-state index in [1.165, 1.54) is 12.8 Å². The largest absolute Gasteiger partial charge is 0.353 e. The van der Waals surface area contributed by atoms with Crippen molar-refractivity contribution in [1.29, 1.82) is 0 Å². The summed E-state index contributed by atoms with van der Waals surface area (Å²) in [5, 5.41) is 1.08. The molecule has 4 heterocycles. The maximum absolute atomic E-state index is 11.4. The third-order valence-corrected chi connectivity index (χ3v) is 4.67. The Kier molecular flexibility index (Phi) is 2.92. The number of nitrogens with zero attached hydrogens (tertiary/aromatic N) is 4. The Morgan fingerprint density at radius 1 is 1.33 bits per heavy atom. The minimum atomic E-state index is 0.260. The van der Waals surface area contributed by atoms with E-state index >= 15 is 0 Å². The number of anilines is 1. The highest BCUT2D eigenvalue weighted by Crippen LogP contribution is 2.33. The molecule has 0 radical (unpaired) electrons. The molecule has 6 nitrogen and oxygen atoms in total. The molecule has 0 amide bonds. The van der Waals surface area contributed by atoms with Crippen LogP contribution in [0.15, 0.2) is 18.6 Å². The fraction of sp³-hybridized carbons (Fsp3) is 0.533. The zero-order valence-electron chi connectivity index (χ0n) is 12.1. The summed E-state index contributed by atoms with van der Waals surface area (Å²) in [6.45, 7) is 4.16. The topological polar surface area (TPSA) is 65.1 Å². The van der Waals surface area contributed by atoms with Crippen LogP contribution in [-0.2, 0) is 4.79 Å². The quantitative estimate of drug-likeness (QED) is 0.918. The van der Waals surface area contributed by atoms with Gasteiger partial charge in [-0.15, -0.1) is 0 Å². The van der Waals surface area contributed by atoms with Gasteiger partial charge in [-0.05, 0) is 25.8 Å². The van der Waals surface area contributed by atoms with Crippen molar-refractivity contribution < 1.29 is 4.79 Å². The Morgan fingerprint density at radius 3 is 2.81 bits per heavy atom. The standard InChI is InChI=1S/C15H19N5O/c1-10(21)6-20-11-2-3-12(20)8-19(7-11)15-13-4-5-16-14(13)17-9-18-15/h4-5,9,11-12H,2-3,6-8H2,1H3,(H,16,17,18). The van der Waals surface area contributed by atoms with Gasteiger partial charge in [-0.3, -0.25) is 9.69 Å². The number of hydrogen-bond acceptors (Lipinski definition) is 5. The van der Waals surface area contributed by atoms with E-state index in [0.717, 1.165) is 29.9 Å². The number of hydrogen-bond donors (Lipinski definition) is 1. The molecule has 2 bridgehead atoms. The fourth-order valence-corrected chi connectivity index (χ4v) is 3.79. The summed E-state index contributed by atoms with van der Waals surface area (Å²) < 4.78 is 0. The highest BCUT2D eigenvalue weighted by atomic mass is 16.1. The number of carbonyl (C=O) groups excluding carboxylic acids is 1. The van der Waals surface area contributed by atoms with Crippen LogP contribution in [0, 0.1) is 0 Å². The smallest absolute Gasteiger partial charge is 0.143 e. The minimum absolute atomic E-state index is 0.260. The molecule has 2 saturated heterocycles. The van der Waals surface area contributed by atoms with Crippen LogP contribution in [0.5, 0.6) is 0 Å². The lowest BCUT2D eigenvalue weighted by Crippen LogP contribution is -2.55. The number of nitrogens with one attached hydrogen (secondary N) is 1. The zero-order chi connectivity index (χ0) is 14.4. The van der Waals surface area contributed by atoms with Crippen LogP contribution in [0.3, 0.4) is 0 Å². The Morgan fingerprint density at radius 2 is 2.10 bits per heavy atom. The SMILES string of the molecule is CC(=O)CN1C2CCC1CN(c1ncnc3[nH]ccc13)C2. The lowest BCUT2D eigenvalue weighted by atomic mass is 10.1. The van der Waals surface area contributed by atoms with E-state index in [1.807, 2.05) is 12.3 Å². The summed E-state index contributed by atoms with van der Waals surface area (Å²) in [4.78, 5) is 28.1.